The highest BCUT2D eigenvalue weighted by Gasteiger charge is 2.09. The molecule has 0 aromatic heterocycles. The first-order chi connectivity index (χ1) is 8.66. The molecular weight excluding hydrogens is 230 g/mol. The van der Waals surface area contributed by atoms with Crippen LogP contribution in [-0.2, 0) is 4.79 Å². The van der Waals surface area contributed by atoms with Crippen LogP contribution in [0, 0.1) is 0 Å². The molecule has 18 heavy (non-hydrogen) atoms. The third-order valence-electron chi connectivity index (χ3n) is 2.64. The lowest BCUT2D eigenvalue weighted by Gasteiger charge is -2.12. The van der Waals surface area contributed by atoms with Gasteiger partial charge in [0, 0.05) is 11.4 Å². The van der Waals surface area contributed by atoms with Gasteiger partial charge in [-0.25, -0.2) is 0 Å². The summed E-state index contributed by atoms with van der Waals surface area (Å²) in [5.74, 6) is -0.182. The molecule has 0 heterocycles. The van der Waals surface area contributed by atoms with Crippen molar-refractivity contribution in [2.45, 2.75) is 12.5 Å². The summed E-state index contributed by atoms with van der Waals surface area (Å²) in [5.41, 5.74) is 5.66. The molecular formula is C14H15NO3. The fraction of sp³-hybridized carbons (Fsp3) is 0.214. The van der Waals surface area contributed by atoms with Gasteiger partial charge in [-0.05, 0) is 11.5 Å². The van der Waals surface area contributed by atoms with Crippen molar-refractivity contribution in [2.75, 3.05) is 6.61 Å². The number of rotatable bonds is 5. The Kier molecular flexibility index (Phi) is 3.79. The average Bonchev–Trinajstić information content (AvgIpc) is 2.35. The van der Waals surface area contributed by atoms with Gasteiger partial charge in [0.05, 0.1) is 6.42 Å². The van der Waals surface area contributed by atoms with E-state index in [4.69, 9.17) is 15.6 Å². The summed E-state index contributed by atoms with van der Waals surface area (Å²) in [5, 5.41) is 10.7. The molecule has 2 rings (SSSR count). The highest BCUT2D eigenvalue weighted by molar-refractivity contribution is 5.88. The van der Waals surface area contributed by atoms with Gasteiger partial charge in [0.15, 0.2) is 0 Å². The van der Waals surface area contributed by atoms with Crippen LogP contribution in [0.2, 0.25) is 0 Å². The van der Waals surface area contributed by atoms with E-state index in [0.29, 0.717) is 0 Å². The third-order valence-corrected chi connectivity index (χ3v) is 2.64. The number of benzene rings is 2. The molecule has 0 fully saturated rings. The molecule has 0 amide bonds. The highest BCUT2D eigenvalue weighted by Crippen LogP contribution is 2.25. The topological polar surface area (TPSA) is 72.5 Å². The van der Waals surface area contributed by atoms with Crippen LogP contribution in [0.25, 0.3) is 10.8 Å². The smallest absolute Gasteiger partial charge is 0.305 e. The second kappa shape index (κ2) is 5.51. The van der Waals surface area contributed by atoms with Crippen molar-refractivity contribution in [2.24, 2.45) is 5.73 Å². The van der Waals surface area contributed by atoms with Crippen LogP contribution in [0.1, 0.15) is 6.42 Å². The maximum absolute atomic E-state index is 10.5. The van der Waals surface area contributed by atoms with Crippen LogP contribution in [0.4, 0.5) is 0 Å². The Morgan fingerprint density at radius 2 is 1.94 bits per heavy atom. The van der Waals surface area contributed by atoms with Crippen LogP contribution in [0.15, 0.2) is 42.5 Å². The van der Waals surface area contributed by atoms with E-state index in [0.717, 1.165) is 16.5 Å². The number of ether oxygens (including phenoxy) is 1. The van der Waals surface area contributed by atoms with Crippen LogP contribution in [-0.4, -0.2) is 23.7 Å². The van der Waals surface area contributed by atoms with Gasteiger partial charge in [-0.3, -0.25) is 4.79 Å². The molecule has 0 saturated heterocycles. The van der Waals surface area contributed by atoms with E-state index < -0.39 is 12.0 Å². The number of carboxylic acid groups (broad SMARTS) is 1. The van der Waals surface area contributed by atoms with Gasteiger partial charge in [-0.1, -0.05) is 36.4 Å². The second-order valence-electron chi connectivity index (χ2n) is 4.15. The van der Waals surface area contributed by atoms with Gasteiger partial charge in [0.25, 0.3) is 0 Å². The Balaban J connectivity index is 2.10. The van der Waals surface area contributed by atoms with Gasteiger partial charge in [-0.15, -0.1) is 0 Å². The summed E-state index contributed by atoms with van der Waals surface area (Å²) in [7, 11) is 0. The Morgan fingerprint density at radius 1 is 1.22 bits per heavy atom. The number of carboxylic acids is 1. The van der Waals surface area contributed by atoms with E-state index in [1.54, 1.807) is 0 Å². The third kappa shape index (κ3) is 2.99. The highest BCUT2D eigenvalue weighted by atomic mass is 16.5. The van der Waals surface area contributed by atoms with Crippen molar-refractivity contribution in [3.8, 4) is 5.75 Å². The SMILES string of the molecule is NC(COc1cccc2ccccc12)CC(=O)O. The fourth-order valence-electron chi connectivity index (χ4n) is 1.80. The predicted molar refractivity (Wildman–Crippen MR) is 69.7 cm³/mol. The lowest BCUT2D eigenvalue weighted by molar-refractivity contribution is -0.137. The zero-order chi connectivity index (χ0) is 13.0. The van der Waals surface area contributed by atoms with E-state index in [1.165, 1.54) is 0 Å². The molecule has 4 nitrogen and oxygen atoms in total. The van der Waals surface area contributed by atoms with Gasteiger partial charge in [0.1, 0.15) is 12.4 Å². The molecule has 0 bridgehead atoms. The van der Waals surface area contributed by atoms with Crippen LogP contribution < -0.4 is 10.5 Å². The standard InChI is InChI=1S/C14H15NO3/c15-11(8-14(16)17)9-18-13-7-3-5-10-4-1-2-6-12(10)13/h1-7,11H,8-9,15H2,(H,16,17). The molecule has 2 aromatic carbocycles. The first-order valence-electron chi connectivity index (χ1n) is 5.75. The molecule has 4 heteroatoms. The molecule has 2 aromatic rings. The summed E-state index contributed by atoms with van der Waals surface area (Å²) in [6.45, 7) is 0.195. The fourth-order valence-corrected chi connectivity index (χ4v) is 1.80. The lowest BCUT2D eigenvalue weighted by atomic mass is 10.1. The van der Waals surface area contributed by atoms with Crippen molar-refractivity contribution in [3.05, 3.63) is 42.5 Å². The van der Waals surface area contributed by atoms with Crippen molar-refractivity contribution < 1.29 is 14.6 Å². The van der Waals surface area contributed by atoms with E-state index in [9.17, 15) is 4.79 Å². The van der Waals surface area contributed by atoms with E-state index in [-0.39, 0.29) is 13.0 Å². The Bertz CT molecular complexity index is 548. The van der Waals surface area contributed by atoms with Crippen LogP contribution in [0.5, 0.6) is 5.75 Å². The first kappa shape index (κ1) is 12.4. The molecule has 1 unspecified atom stereocenters. The Labute approximate surface area is 105 Å². The molecule has 0 aliphatic carbocycles. The van der Waals surface area contributed by atoms with Crippen molar-refractivity contribution in [1.82, 2.24) is 0 Å². The number of fused-ring (bicyclic) bond motifs is 1. The van der Waals surface area contributed by atoms with Gasteiger partial charge >= 0.3 is 5.97 Å². The molecule has 0 aliphatic rings. The maximum atomic E-state index is 10.5. The minimum absolute atomic E-state index is 0.0925. The Morgan fingerprint density at radius 3 is 2.72 bits per heavy atom. The monoisotopic (exact) mass is 245 g/mol. The van der Waals surface area contributed by atoms with Crippen LogP contribution >= 0.6 is 0 Å². The van der Waals surface area contributed by atoms with E-state index >= 15 is 0 Å². The van der Waals surface area contributed by atoms with E-state index in [1.807, 2.05) is 42.5 Å². The second-order valence-corrected chi connectivity index (χ2v) is 4.15. The number of hydrogen-bond donors (Lipinski definition) is 2. The largest absolute Gasteiger partial charge is 0.491 e. The predicted octanol–water partition coefficient (Wildman–Crippen LogP) is 2.02. The quantitative estimate of drug-likeness (QED) is 0.845. The summed E-state index contributed by atoms with van der Waals surface area (Å²) in [6.07, 6.45) is -0.0925. The van der Waals surface area contributed by atoms with Gasteiger partial charge in [-0.2, -0.15) is 0 Å². The zero-order valence-corrected chi connectivity index (χ0v) is 9.87. The number of aliphatic carboxylic acids is 1. The molecule has 1 atom stereocenters. The summed E-state index contributed by atoms with van der Waals surface area (Å²) in [4.78, 5) is 10.5. The normalized spacial score (nSPS) is 12.3. The van der Waals surface area contributed by atoms with Gasteiger partial charge in [0.2, 0.25) is 0 Å². The van der Waals surface area contributed by atoms with Crippen LogP contribution in [0.3, 0.4) is 0 Å². The first-order valence-corrected chi connectivity index (χ1v) is 5.75. The van der Waals surface area contributed by atoms with Crippen molar-refractivity contribution in [3.63, 3.8) is 0 Å². The number of nitrogens with two attached hydrogens (primary N) is 1. The number of hydrogen-bond acceptors (Lipinski definition) is 3. The molecule has 3 N–H and O–H groups in total. The zero-order valence-electron chi connectivity index (χ0n) is 9.87. The van der Waals surface area contributed by atoms with Gasteiger partial charge < -0.3 is 15.6 Å². The van der Waals surface area contributed by atoms with Crippen molar-refractivity contribution >= 4 is 16.7 Å². The average molecular weight is 245 g/mol. The van der Waals surface area contributed by atoms with Crippen molar-refractivity contribution in [1.29, 1.82) is 0 Å². The maximum Gasteiger partial charge on any atom is 0.305 e. The molecule has 0 radical (unpaired) electrons. The summed E-state index contributed by atoms with van der Waals surface area (Å²) in [6, 6.07) is 13.1. The minimum Gasteiger partial charge on any atom is -0.491 e. The van der Waals surface area contributed by atoms with E-state index in [2.05, 4.69) is 0 Å². The molecule has 0 saturated carbocycles. The Hall–Kier alpha value is -2.07. The summed E-state index contributed by atoms with van der Waals surface area (Å²) >= 11 is 0. The summed E-state index contributed by atoms with van der Waals surface area (Å²) < 4.78 is 5.59. The molecule has 0 aliphatic heterocycles. The molecule has 94 valence electrons. The molecule has 0 spiro atoms. The number of carbonyl (C=O) groups is 1. The lowest BCUT2D eigenvalue weighted by Crippen LogP contribution is -2.30. The minimum atomic E-state index is -0.913.